The Balaban J connectivity index is 1.56. The molecule has 0 saturated heterocycles. The van der Waals surface area contributed by atoms with Crippen LogP contribution in [-0.2, 0) is 13.0 Å². The van der Waals surface area contributed by atoms with E-state index in [-0.39, 0.29) is 17.1 Å². The summed E-state index contributed by atoms with van der Waals surface area (Å²) in [6.07, 6.45) is 4.15. The molecule has 4 rings (SSSR count). The number of oxazole rings is 1. The SMILES string of the molecule is Cc1cc(=O)cc(C(=O)N2CCc3oc(C4CCC4)nc3C2)o1. The lowest BCUT2D eigenvalue weighted by Gasteiger charge is -2.24. The van der Waals surface area contributed by atoms with E-state index in [4.69, 9.17) is 8.83 Å². The Labute approximate surface area is 133 Å². The largest absolute Gasteiger partial charge is 0.456 e. The second kappa shape index (κ2) is 5.37. The van der Waals surface area contributed by atoms with Crippen molar-refractivity contribution in [2.75, 3.05) is 6.54 Å². The lowest BCUT2D eigenvalue weighted by atomic mass is 9.85. The van der Waals surface area contributed by atoms with E-state index in [1.54, 1.807) is 11.8 Å². The van der Waals surface area contributed by atoms with E-state index in [0.717, 1.165) is 30.2 Å². The highest BCUT2D eigenvalue weighted by Crippen LogP contribution is 2.37. The molecule has 1 aliphatic carbocycles. The zero-order chi connectivity index (χ0) is 16.0. The van der Waals surface area contributed by atoms with E-state index in [1.165, 1.54) is 18.6 Å². The number of carbonyl (C=O) groups is 1. The molecule has 0 radical (unpaired) electrons. The summed E-state index contributed by atoms with van der Waals surface area (Å²) in [4.78, 5) is 30.4. The van der Waals surface area contributed by atoms with Crippen molar-refractivity contribution in [2.45, 2.75) is 45.1 Å². The van der Waals surface area contributed by atoms with E-state index in [0.29, 0.717) is 31.2 Å². The standard InChI is InChI=1S/C17H18N2O4/c1-10-7-12(20)8-15(22-10)17(21)19-6-5-14-13(9-19)18-16(23-14)11-3-2-4-11/h7-8,11H,2-6,9H2,1H3. The maximum absolute atomic E-state index is 12.6. The molecule has 2 aliphatic rings. The van der Waals surface area contributed by atoms with E-state index < -0.39 is 0 Å². The third kappa shape index (κ3) is 2.58. The van der Waals surface area contributed by atoms with Gasteiger partial charge in [0.1, 0.15) is 17.2 Å². The van der Waals surface area contributed by atoms with Crippen molar-refractivity contribution in [2.24, 2.45) is 0 Å². The molecule has 1 fully saturated rings. The van der Waals surface area contributed by atoms with E-state index in [1.807, 2.05) is 0 Å². The Kier molecular flexibility index (Phi) is 3.32. The lowest BCUT2D eigenvalue weighted by molar-refractivity contribution is 0.0691. The highest BCUT2D eigenvalue weighted by atomic mass is 16.4. The highest BCUT2D eigenvalue weighted by Gasteiger charge is 2.31. The van der Waals surface area contributed by atoms with Gasteiger partial charge in [-0.15, -0.1) is 0 Å². The van der Waals surface area contributed by atoms with Gasteiger partial charge in [-0.3, -0.25) is 9.59 Å². The first-order chi connectivity index (χ1) is 11.1. The number of hydrogen-bond donors (Lipinski definition) is 0. The Morgan fingerprint density at radius 2 is 2.13 bits per heavy atom. The van der Waals surface area contributed by atoms with Crippen molar-refractivity contribution in [3.05, 3.63) is 51.2 Å². The normalized spacial score (nSPS) is 17.7. The van der Waals surface area contributed by atoms with Crippen molar-refractivity contribution in [3.8, 4) is 0 Å². The number of nitrogens with zero attached hydrogens (tertiary/aromatic N) is 2. The van der Waals surface area contributed by atoms with Crippen molar-refractivity contribution in [3.63, 3.8) is 0 Å². The predicted molar refractivity (Wildman–Crippen MR) is 81.3 cm³/mol. The zero-order valence-electron chi connectivity index (χ0n) is 13.0. The third-order valence-corrected chi connectivity index (χ3v) is 4.59. The van der Waals surface area contributed by atoms with Crippen LogP contribution < -0.4 is 5.43 Å². The molecule has 1 amide bonds. The molecule has 0 spiro atoms. The molecule has 0 bridgehead atoms. The maximum atomic E-state index is 12.6. The summed E-state index contributed by atoms with van der Waals surface area (Å²) < 4.78 is 11.3. The van der Waals surface area contributed by atoms with Crippen LogP contribution in [0.5, 0.6) is 0 Å². The molecular formula is C17H18N2O4. The fourth-order valence-corrected chi connectivity index (χ4v) is 3.09. The van der Waals surface area contributed by atoms with Gasteiger partial charge >= 0.3 is 0 Å². The van der Waals surface area contributed by atoms with Gasteiger partial charge in [0.05, 0.1) is 6.54 Å². The average molecular weight is 314 g/mol. The number of fused-ring (bicyclic) bond motifs is 1. The molecule has 2 aromatic rings. The highest BCUT2D eigenvalue weighted by molar-refractivity contribution is 5.91. The van der Waals surface area contributed by atoms with Gasteiger partial charge in [0.2, 0.25) is 0 Å². The van der Waals surface area contributed by atoms with Crippen LogP contribution in [0.1, 0.15) is 58.8 Å². The monoisotopic (exact) mass is 314 g/mol. The molecular weight excluding hydrogens is 296 g/mol. The average Bonchev–Trinajstić information content (AvgIpc) is 2.85. The van der Waals surface area contributed by atoms with Crippen LogP contribution in [0.3, 0.4) is 0 Å². The van der Waals surface area contributed by atoms with Crippen LogP contribution in [0.4, 0.5) is 0 Å². The van der Waals surface area contributed by atoms with Crippen LogP contribution in [0.2, 0.25) is 0 Å². The molecule has 120 valence electrons. The smallest absolute Gasteiger partial charge is 0.290 e. The van der Waals surface area contributed by atoms with Gasteiger partial charge in [0, 0.05) is 31.0 Å². The molecule has 23 heavy (non-hydrogen) atoms. The maximum Gasteiger partial charge on any atom is 0.290 e. The van der Waals surface area contributed by atoms with Crippen molar-refractivity contribution in [1.82, 2.24) is 9.88 Å². The third-order valence-electron chi connectivity index (χ3n) is 4.59. The van der Waals surface area contributed by atoms with Gasteiger partial charge in [-0.2, -0.15) is 0 Å². The fourth-order valence-electron chi connectivity index (χ4n) is 3.09. The first-order valence-electron chi connectivity index (χ1n) is 7.99. The quantitative estimate of drug-likeness (QED) is 0.850. The summed E-state index contributed by atoms with van der Waals surface area (Å²) in [5.74, 6) is 2.40. The number of hydrogen-bond acceptors (Lipinski definition) is 5. The predicted octanol–water partition coefficient (Wildman–Crippen LogP) is 2.40. The minimum absolute atomic E-state index is 0.0844. The minimum Gasteiger partial charge on any atom is -0.456 e. The summed E-state index contributed by atoms with van der Waals surface area (Å²) in [5, 5.41) is 0. The molecule has 3 heterocycles. The van der Waals surface area contributed by atoms with Crippen LogP contribution in [0, 0.1) is 6.92 Å². The molecule has 1 saturated carbocycles. The second-order valence-electron chi connectivity index (χ2n) is 6.29. The topological polar surface area (TPSA) is 76.6 Å². The Morgan fingerprint density at radius 3 is 2.83 bits per heavy atom. The van der Waals surface area contributed by atoms with Crippen LogP contribution in [-0.4, -0.2) is 22.3 Å². The number of rotatable bonds is 2. The molecule has 0 N–H and O–H groups in total. The number of amides is 1. The summed E-state index contributed by atoms with van der Waals surface area (Å²) in [6.45, 7) is 2.61. The fraction of sp³-hybridized carbons (Fsp3) is 0.471. The minimum atomic E-state index is -0.273. The molecule has 2 aromatic heterocycles. The van der Waals surface area contributed by atoms with Gasteiger partial charge in [0.15, 0.2) is 17.1 Å². The number of carbonyl (C=O) groups excluding carboxylic acids is 1. The zero-order valence-corrected chi connectivity index (χ0v) is 13.0. The number of aromatic nitrogens is 1. The van der Waals surface area contributed by atoms with Crippen molar-refractivity contribution >= 4 is 5.91 Å². The molecule has 6 nitrogen and oxygen atoms in total. The van der Waals surface area contributed by atoms with E-state index in [9.17, 15) is 9.59 Å². The van der Waals surface area contributed by atoms with Gasteiger partial charge in [0.25, 0.3) is 5.91 Å². The summed E-state index contributed by atoms with van der Waals surface area (Å²) in [7, 11) is 0. The molecule has 0 unspecified atom stereocenters. The molecule has 0 aromatic carbocycles. The first kappa shape index (κ1) is 14.2. The Morgan fingerprint density at radius 1 is 1.30 bits per heavy atom. The van der Waals surface area contributed by atoms with Crippen LogP contribution >= 0.6 is 0 Å². The molecule has 1 aliphatic heterocycles. The number of aryl methyl sites for hydroxylation is 1. The van der Waals surface area contributed by atoms with E-state index >= 15 is 0 Å². The lowest BCUT2D eigenvalue weighted by Crippen LogP contribution is -2.36. The van der Waals surface area contributed by atoms with Crippen LogP contribution in [0.25, 0.3) is 0 Å². The Bertz CT molecular complexity index is 816. The molecule has 0 atom stereocenters. The van der Waals surface area contributed by atoms with Gasteiger partial charge in [-0.25, -0.2) is 4.98 Å². The Hall–Kier alpha value is -2.37. The molecule has 6 heteroatoms. The summed E-state index contributed by atoms with van der Waals surface area (Å²) in [5.41, 5.74) is 0.616. The van der Waals surface area contributed by atoms with E-state index in [2.05, 4.69) is 4.98 Å². The van der Waals surface area contributed by atoms with Gasteiger partial charge < -0.3 is 13.7 Å². The van der Waals surface area contributed by atoms with Crippen molar-refractivity contribution in [1.29, 1.82) is 0 Å². The summed E-state index contributed by atoms with van der Waals surface area (Å²) in [6, 6.07) is 2.61. The van der Waals surface area contributed by atoms with Crippen LogP contribution in [0.15, 0.2) is 25.8 Å². The van der Waals surface area contributed by atoms with Crippen molar-refractivity contribution < 1.29 is 13.6 Å². The van der Waals surface area contributed by atoms with Gasteiger partial charge in [-0.05, 0) is 19.8 Å². The summed E-state index contributed by atoms with van der Waals surface area (Å²) >= 11 is 0. The van der Waals surface area contributed by atoms with Gasteiger partial charge in [-0.1, -0.05) is 6.42 Å². The second-order valence-corrected chi connectivity index (χ2v) is 6.29. The first-order valence-corrected chi connectivity index (χ1v) is 7.99.